The van der Waals surface area contributed by atoms with Crippen molar-refractivity contribution in [3.05, 3.63) is 93.7 Å². The molecule has 3 aromatic carbocycles. The summed E-state index contributed by atoms with van der Waals surface area (Å²) in [5.41, 5.74) is 5.05. The second kappa shape index (κ2) is 10.0. The molecule has 1 heterocycles. The monoisotopic (exact) mass is 491 g/mol. The average molecular weight is 492 g/mol. The van der Waals surface area contributed by atoms with Gasteiger partial charge in [0, 0.05) is 23.0 Å². The Hall–Kier alpha value is -3.12. The second-order valence-corrected chi connectivity index (χ2v) is 8.65. The number of aryl methyl sites for hydroxylation is 1. The maximum absolute atomic E-state index is 12.5. The van der Waals surface area contributed by atoms with Crippen LogP contribution in [-0.4, -0.2) is 28.6 Å². The molecule has 0 unspecified atom stereocenters. The van der Waals surface area contributed by atoms with Gasteiger partial charge in [0.1, 0.15) is 18.2 Å². The zero-order valence-electron chi connectivity index (χ0n) is 18.3. The number of carbonyl (C=O) groups is 1. The number of aromatic nitrogens is 2. The highest BCUT2D eigenvalue weighted by Gasteiger charge is 2.12. The van der Waals surface area contributed by atoms with Gasteiger partial charge in [-0.15, -0.1) is 0 Å². The Balaban J connectivity index is 1.44. The number of ether oxygens (including phenoxy) is 1. The van der Waals surface area contributed by atoms with Gasteiger partial charge in [0.25, 0.3) is 5.91 Å². The first kappa shape index (κ1) is 22.1. The van der Waals surface area contributed by atoms with E-state index in [9.17, 15) is 4.79 Å². The molecular weight excluding hydrogens is 466 g/mol. The van der Waals surface area contributed by atoms with Crippen molar-refractivity contribution in [3.63, 3.8) is 0 Å². The first-order chi connectivity index (χ1) is 15.5. The minimum atomic E-state index is -0.0905. The van der Waals surface area contributed by atoms with Gasteiger partial charge in [-0.25, -0.2) is 4.98 Å². The number of benzene rings is 3. The van der Waals surface area contributed by atoms with Crippen LogP contribution in [0.4, 0.5) is 0 Å². The number of para-hydroxylation sites is 2. The zero-order chi connectivity index (χ0) is 22.5. The molecule has 1 amide bonds. The van der Waals surface area contributed by atoms with Gasteiger partial charge in [0.15, 0.2) is 0 Å². The largest absolute Gasteiger partial charge is 0.491 e. The van der Waals surface area contributed by atoms with E-state index in [0.717, 1.165) is 27.1 Å². The van der Waals surface area contributed by atoms with Gasteiger partial charge in [0.2, 0.25) is 0 Å². The summed E-state index contributed by atoms with van der Waals surface area (Å²) in [5.74, 6) is 1.76. The Morgan fingerprint density at radius 1 is 1.06 bits per heavy atom. The molecule has 5 nitrogen and oxygen atoms in total. The van der Waals surface area contributed by atoms with Gasteiger partial charge in [-0.05, 0) is 61.4 Å². The van der Waals surface area contributed by atoms with E-state index in [2.05, 4.69) is 51.8 Å². The lowest BCUT2D eigenvalue weighted by Gasteiger charge is -2.13. The quantitative estimate of drug-likeness (QED) is 0.355. The van der Waals surface area contributed by atoms with E-state index >= 15 is 0 Å². The maximum Gasteiger partial charge on any atom is 0.251 e. The highest BCUT2D eigenvalue weighted by Crippen LogP contribution is 2.21. The molecule has 0 bridgehead atoms. The Morgan fingerprint density at radius 3 is 2.72 bits per heavy atom. The van der Waals surface area contributed by atoms with E-state index in [4.69, 9.17) is 9.72 Å². The van der Waals surface area contributed by atoms with Crippen LogP contribution in [0.1, 0.15) is 27.3 Å². The van der Waals surface area contributed by atoms with Crippen LogP contribution in [-0.2, 0) is 13.0 Å². The van der Waals surface area contributed by atoms with Crippen LogP contribution in [0, 0.1) is 13.8 Å². The predicted molar refractivity (Wildman–Crippen MR) is 131 cm³/mol. The Kier molecular flexibility index (Phi) is 6.90. The van der Waals surface area contributed by atoms with Gasteiger partial charge in [-0.1, -0.05) is 46.3 Å². The van der Waals surface area contributed by atoms with Crippen LogP contribution < -0.4 is 10.1 Å². The van der Waals surface area contributed by atoms with E-state index in [0.29, 0.717) is 31.7 Å². The van der Waals surface area contributed by atoms with Crippen molar-refractivity contribution < 1.29 is 9.53 Å². The standard InChI is InChI=1S/C26H26BrN3O2/c1-18-7-5-12-24(19(18)2)32-16-15-30-23-11-4-3-10-22(23)29-25(30)13-14-28-26(31)20-8-6-9-21(27)17-20/h3-12,17H,13-16H2,1-2H3,(H,28,31). The highest BCUT2D eigenvalue weighted by molar-refractivity contribution is 9.10. The lowest BCUT2D eigenvalue weighted by molar-refractivity contribution is 0.0954. The molecule has 0 radical (unpaired) electrons. The molecule has 4 rings (SSSR count). The third-order valence-corrected chi connectivity index (χ3v) is 6.08. The number of imidazole rings is 1. The van der Waals surface area contributed by atoms with E-state index in [1.807, 2.05) is 48.5 Å². The number of amides is 1. The molecule has 0 spiro atoms. The lowest BCUT2D eigenvalue weighted by Crippen LogP contribution is -2.26. The summed E-state index contributed by atoms with van der Waals surface area (Å²) in [5, 5.41) is 3.00. The second-order valence-electron chi connectivity index (χ2n) is 7.73. The Bertz CT molecular complexity index is 1250. The third-order valence-electron chi connectivity index (χ3n) is 5.58. The number of hydrogen-bond acceptors (Lipinski definition) is 3. The van der Waals surface area contributed by atoms with E-state index in [-0.39, 0.29) is 5.91 Å². The third kappa shape index (κ3) is 5.02. The molecule has 0 atom stereocenters. The van der Waals surface area contributed by atoms with Crippen molar-refractivity contribution in [2.75, 3.05) is 13.2 Å². The van der Waals surface area contributed by atoms with E-state index in [1.165, 1.54) is 11.1 Å². The summed E-state index contributed by atoms with van der Waals surface area (Å²) < 4.78 is 9.16. The van der Waals surface area contributed by atoms with Gasteiger partial charge in [-0.2, -0.15) is 0 Å². The summed E-state index contributed by atoms with van der Waals surface area (Å²) in [6.07, 6.45) is 0.637. The number of hydrogen-bond donors (Lipinski definition) is 1. The molecule has 0 aliphatic rings. The van der Waals surface area contributed by atoms with Crippen LogP contribution in [0.5, 0.6) is 5.75 Å². The van der Waals surface area contributed by atoms with E-state index in [1.54, 1.807) is 6.07 Å². The molecule has 0 fully saturated rings. The normalized spacial score (nSPS) is 11.0. The van der Waals surface area contributed by atoms with Crippen LogP contribution in [0.25, 0.3) is 11.0 Å². The molecule has 1 aromatic heterocycles. The highest BCUT2D eigenvalue weighted by atomic mass is 79.9. The lowest BCUT2D eigenvalue weighted by atomic mass is 10.1. The van der Waals surface area contributed by atoms with Gasteiger partial charge >= 0.3 is 0 Å². The zero-order valence-corrected chi connectivity index (χ0v) is 19.9. The number of rotatable bonds is 8. The summed E-state index contributed by atoms with van der Waals surface area (Å²) >= 11 is 3.41. The maximum atomic E-state index is 12.5. The van der Waals surface area contributed by atoms with Crippen molar-refractivity contribution in [1.82, 2.24) is 14.9 Å². The number of nitrogens with zero attached hydrogens (tertiary/aromatic N) is 2. The fourth-order valence-electron chi connectivity index (χ4n) is 3.71. The van der Waals surface area contributed by atoms with Gasteiger partial charge < -0.3 is 14.6 Å². The van der Waals surface area contributed by atoms with Crippen LogP contribution >= 0.6 is 15.9 Å². The smallest absolute Gasteiger partial charge is 0.251 e. The van der Waals surface area contributed by atoms with Crippen molar-refractivity contribution >= 4 is 32.9 Å². The minimum Gasteiger partial charge on any atom is -0.491 e. The van der Waals surface area contributed by atoms with Crippen molar-refractivity contribution in [1.29, 1.82) is 0 Å². The van der Waals surface area contributed by atoms with Crippen molar-refractivity contribution in [3.8, 4) is 5.75 Å². The molecule has 0 saturated carbocycles. The topological polar surface area (TPSA) is 56.1 Å². The predicted octanol–water partition coefficient (Wildman–Crippen LogP) is 5.47. The number of halogens is 1. The average Bonchev–Trinajstić information content (AvgIpc) is 3.14. The summed E-state index contributed by atoms with van der Waals surface area (Å²) in [6, 6.07) is 21.6. The first-order valence-electron chi connectivity index (χ1n) is 10.7. The fraction of sp³-hybridized carbons (Fsp3) is 0.231. The Morgan fingerprint density at radius 2 is 1.88 bits per heavy atom. The fourth-order valence-corrected chi connectivity index (χ4v) is 4.11. The van der Waals surface area contributed by atoms with Gasteiger partial charge in [0.05, 0.1) is 17.6 Å². The number of nitrogens with one attached hydrogen (secondary N) is 1. The minimum absolute atomic E-state index is 0.0905. The molecule has 0 aliphatic heterocycles. The Labute approximate surface area is 196 Å². The first-order valence-corrected chi connectivity index (χ1v) is 11.5. The molecule has 6 heteroatoms. The number of carbonyl (C=O) groups excluding carboxylic acids is 1. The number of fused-ring (bicyclic) bond motifs is 1. The molecular formula is C26H26BrN3O2. The summed E-state index contributed by atoms with van der Waals surface area (Å²) in [6.45, 7) is 5.90. The molecule has 0 aliphatic carbocycles. The molecule has 0 saturated heterocycles. The summed E-state index contributed by atoms with van der Waals surface area (Å²) in [7, 11) is 0. The van der Waals surface area contributed by atoms with Crippen LogP contribution in [0.2, 0.25) is 0 Å². The molecule has 164 valence electrons. The SMILES string of the molecule is Cc1cccc(OCCn2c(CCNC(=O)c3cccc(Br)c3)nc3ccccc32)c1C. The molecule has 4 aromatic rings. The van der Waals surface area contributed by atoms with Crippen LogP contribution in [0.15, 0.2) is 71.2 Å². The van der Waals surface area contributed by atoms with Crippen molar-refractivity contribution in [2.45, 2.75) is 26.8 Å². The van der Waals surface area contributed by atoms with Crippen molar-refractivity contribution in [2.24, 2.45) is 0 Å². The molecule has 1 N–H and O–H groups in total. The molecule has 32 heavy (non-hydrogen) atoms. The summed E-state index contributed by atoms with van der Waals surface area (Å²) in [4.78, 5) is 17.3. The van der Waals surface area contributed by atoms with Gasteiger partial charge in [-0.3, -0.25) is 4.79 Å². The van der Waals surface area contributed by atoms with E-state index < -0.39 is 0 Å². The van der Waals surface area contributed by atoms with Crippen LogP contribution in [0.3, 0.4) is 0 Å².